The first-order valence-corrected chi connectivity index (χ1v) is 12.2. The Balaban J connectivity index is 1.45. The molecule has 8 nitrogen and oxygen atoms in total. The minimum Gasteiger partial charge on any atom is -0.355 e. The van der Waals surface area contributed by atoms with E-state index in [0.29, 0.717) is 24.2 Å². The van der Waals surface area contributed by atoms with Crippen LogP contribution in [0.25, 0.3) is 12.2 Å². The molecule has 1 saturated heterocycles. The average Bonchev–Trinajstić information content (AvgIpc) is 3.42. The number of thiophene rings is 1. The number of nitrogens with zero attached hydrogens (tertiary/aromatic N) is 3. The van der Waals surface area contributed by atoms with Crippen LogP contribution in [-0.2, 0) is 14.8 Å². The lowest BCUT2D eigenvalue weighted by molar-refractivity contribution is -0.120. The van der Waals surface area contributed by atoms with Crippen LogP contribution in [-0.4, -0.2) is 41.9 Å². The van der Waals surface area contributed by atoms with Gasteiger partial charge in [0, 0.05) is 42.0 Å². The summed E-state index contributed by atoms with van der Waals surface area (Å²) in [5.41, 5.74) is 1.00. The molecule has 3 aromatic rings. The lowest BCUT2D eigenvalue weighted by Gasteiger charge is -2.30. The number of pyridine rings is 1. The Morgan fingerprint density at radius 3 is 2.65 bits per heavy atom. The second-order valence-corrected chi connectivity index (χ2v) is 10.1. The number of hydrogen-bond acceptors (Lipinski definition) is 7. The van der Waals surface area contributed by atoms with Gasteiger partial charge < -0.3 is 9.84 Å². The molecule has 10 heteroatoms. The Hall–Kier alpha value is -2.82. The predicted molar refractivity (Wildman–Crippen MR) is 119 cm³/mol. The van der Waals surface area contributed by atoms with Crippen molar-refractivity contribution in [3.63, 3.8) is 0 Å². The fraction of sp³-hybridized carbons (Fsp3) is 0.286. The number of aromatic nitrogens is 2. The molecule has 0 saturated carbocycles. The van der Waals surface area contributed by atoms with Crippen molar-refractivity contribution in [3.05, 3.63) is 58.4 Å². The Morgan fingerprint density at radius 2 is 1.97 bits per heavy atom. The molecule has 1 amide bonds. The molecule has 31 heavy (non-hydrogen) atoms. The molecule has 162 valence electrons. The summed E-state index contributed by atoms with van der Waals surface area (Å²) in [4.78, 5) is 17.5. The van der Waals surface area contributed by atoms with Crippen LogP contribution < -0.4 is 5.32 Å². The molecule has 4 heterocycles. The van der Waals surface area contributed by atoms with E-state index in [2.05, 4.69) is 15.5 Å². The van der Waals surface area contributed by atoms with Gasteiger partial charge >= 0.3 is 0 Å². The maximum atomic E-state index is 13.3. The zero-order valence-corrected chi connectivity index (χ0v) is 18.5. The highest BCUT2D eigenvalue weighted by atomic mass is 32.2. The standard InChI is InChI=1S/C21H22N4O4S2/c1-15-20(19(29-24-15)5-4-18-3-2-14-30-18)31(27,28)25-12-8-16(9-13-25)21(26)23-17-6-10-22-11-7-17/h2-7,10-11,14,16H,8-9,12-13H2,1H3,(H,22,23,26)/b5-4+. The van der Waals surface area contributed by atoms with Gasteiger partial charge in [-0.25, -0.2) is 8.42 Å². The average molecular weight is 459 g/mol. The number of hydrogen-bond donors (Lipinski definition) is 1. The van der Waals surface area contributed by atoms with Gasteiger partial charge in [0.1, 0.15) is 5.69 Å². The maximum absolute atomic E-state index is 13.3. The van der Waals surface area contributed by atoms with Crippen LogP contribution in [0.2, 0.25) is 0 Å². The van der Waals surface area contributed by atoms with Gasteiger partial charge in [-0.05, 0) is 55.5 Å². The molecular formula is C21H22N4O4S2. The molecule has 1 N–H and O–H groups in total. The van der Waals surface area contributed by atoms with Gasteiger partial charge in [-0.3, -0.25) is 9.78 Å². The van der Waals surface area contributed by atoms with E-state index in [-0.39, 0.29) is 35.6 Å². The second kappa shape index (κ2) is 9.13. The number of piperidine rings is 1. The van der Waals surface area contributed by atoms with Gasteiger partial charge in [-0.15, -0.1) is 11.3 Å². The summed E-state index contributed by atoms with van der Waals surface area (Å²) in [7, 11) is -3.79. The first-order valence-electron chi connectivity index (χ1n) is 9.84. The predicted octanol–water partition coefficient (Wildman–Crippen LogP) is 3.65. The second-order valence-electron chi connectivity index (χ2n) is 7.21. The third kappa shape index (κ3) is 4.76. The number of carbonyl (C=O) groups excluding carboxylic acids is 1. The molecule has 0 bridgehead atoms. The van der Waals surface area contributed by atoms with E-state index in [1.54, 1.807) is 54.9 Å². The third-order valence-electron chi connectivity index (χ3n) is 5.15. The summed E-state index contributed by atoms with van der Waals surface area (Å²) < 4.78 is 33.3. The van der Waals surface area contributed by atoms with Gasteiger partial charge in [0.05, 0.1) is 0 Å². The summed E-state index contributed by atoms with van der Waals surface area (Å²) in [6.07, 6.45) is 7.54. The largest absolute Gasteiger partial charge is 0.355 e. The summed E-state index contributed by atoms with van der Waals surface area (Å²) in [5.74, 6) is -0.145. The molecule has 0 spiro atoms. The van der Waals surface area contributed by atoms with E-state index in [1.165, 1.54) is 4.31 Å². The highest BCUT2D eigenvalue weighted by molar-refractivity contribution is 7.89. The Labute approximate surface area is 184 Å². The van der Waals surface area contributed by atoms with Crippen molar-refractivity contribution >= 4 is 45.1 Å². The molecule has 0 radical (unpaired) electrons. The zero-order chi connectivity index (χ0) is 21.8. The smallest absolute Gasteiger partial charge is 0.248 e. The first kappa shape index (κ1) is 21.4. The lowest BCUT2D eigenvalue weighted by atomic mass is 9.97. The van der Waals surface area contributed by atoms with Gasteiger partial charge in [0.2, 0.25) is 15.9 Å². The van der Waals surface area contributed by atoms with Crippen LogP contribution in [0.3, 0.4) is 0 Å². The number of aryl methyl sites for hydroxylation is 1. The molecule has 1 aliphatic rings. The Bertz CT molecular complexity index is 1160. The van der Waals surface area contributed by atoms with Crippen molar-refractivity contribution in [2.75, 3.05) is 18.4 Å². The van der Waals surface area contributed by atoms with Crippen LogP contribution in [0.1, 0.15) is 29.2 Å². The molecule has 3 aromatic heterocycles. The van der Waals surface area contributed by atoms with E-state index >= 15 is 0 Å². The topological polar surface area (TPSA) is 105 Å². The number of sulfonamides is 1. The van der Waals surface area contributed by atoms with Crippen molar-refractivity contribution in [1.82, 2.24) is 14.4 Å². The van der Waals surface area contributed by atoms with Crippen molar-refractivity contribution in [3.8, 4) is 0 Å². The van der Waals surface area contributed by atoms with Gasteiger partial charge in [-0.1, -0.05) is 11.2 Å². The van der Waals surface area contributed by atoms with Gasteiger partial charge in [0.25, 0.3) is 0 Å². The number of amides is 1. The number of carbonyl (C=O) groups is 1. The molecule has 0 aliphatic carbocycles. The Morgan fingerprint density at radius 1 is 1.23 bits per heavy atom. The van der Waals surface area contributed by atoms with Crippen LogP contribution >= 0.6 is 11.3 Å². The van der Waals surface area contributed by atoms with Crippen LogP contribution in [0.15, 0.2) is 51.5 Å². The quantitative estimate of drug-likeness (QED) is 0.604. The van der Waals surface area contributed by atoms with Crippen LogP contribution in [0.4, 0.5) is 5.69 Å². The van der Waals surface area contributed by atoms with E-state index in [0.717, 1.165) is 4.88 Å². The van der Waals surface area contributed by atoms with Crippen LogP contribution in [0.5, 0.6) is 0 Å². The number of anilines is 1. The number of nitrogens with one attached hydrogen (secondary N) is 1. The fourth-order valence-corrected chi connectivity index (χ4v) is 5.85. The zero-order valence-electron chi connectivity index (χ0n) is 16.9. The third-order valence-corrected chi connectivity index (χ3v) is 8.04. The highest BCUT2D eigenvalue weighted by Crippen LogP contribution is 2.29. The minimum atomic E-state index is -3.79. The molecule has 1 aliphatic heterocycles. The Kier molecular flexibility index (Phi) is 6.30. The SMILES string of the molecule is Cc1noc(/C=C/c2cccs2)c1S(=O)(=O)N1CCC(C(=O)Nc2ccncc2)CC1. The molecule has 0 atom stereocenters. The van der Waals surface area contributed by atoms with E-state index in [1.807, 2.05) is 17.5 Å². The summed E-state index contributed by atoms with van der Waals surface area (Å²) in [5, 5.41) is 8.67. The van der Waals surface area contributed by atoms with Crippen molar-refractivity contribution < 1.29 is 17.7 Å². The minimum absolute atomic E-state index is 0.0833. The molecule has 1 fully saturated rings. The maximum Gasteiger partial charge on any atom is 0.248 e. The van der Waals surface area contributed by atoms with Crippen molar-refractivity contribution in [2.24, 2.45) is 5.92 Å². The molecular weight excluding hydrogens is 436 g/mol. The monoisotopic (exact) mass is 458 g/mol. The summed E-state index contributed by atoms with van der Waals surface area (Å²) >= 11 is 1.54. The van der Waals surface area contributed by atoms with Crippen molar-refractivity contribution in [1.29, 1.82) is 0 Å². The van der Waals surface area contributed by atoms with Crippen LogP contribution in [0, 0.1) is 12.8 Å². The van der Waals surface area contributed by atoms with Gasteiger partial charge in [0.15, 0.2) is 10.7 Å². The molecule has 4 rings (SSSR count). The number of rotatable bonds is 6. The first-order chi connectivity index (χ1) is 14.9. The highest BCUT2D eigenvalue weighted by Gasteiger charge is 2.35. The van der Waals surface area contributed by atoms with Crippen molar-refractivity contribution in [2.45, 2.75) is 24.7 Å². The van der Waals surface area contributed by atoms with E-state index in [9.17, 15) is 13.2 Å². The fourth-order valence-electron chi connectivity index (χ4n) is 3.51. The normalized spacial score (nSPS) is 16.0. The van der Waals surface area contributed by atoms with E-state index < -0.39 is 10.0 Å². The molecule has 0 unspecified atom stereocenters. The summed E-state index contributed by atoms with van der Waals surface area (Å²) in [6.45, 7) is 2.14. The lowest BCUT2D eigenvalue weighted by Crippen LogP contribution is -2.41. The van der Waals surface area contributed by atoms with Gasteiger partial charge in [-0.2, -0.15) is 4.31 Å². The van der Waals surface area contributed by atoms with E-state index in [4.69, 9.17) is 4.52 Å². The summed E-state index contributed by atoms with van der Waals surface area (Å²) in [6, 6.07) is 7.29. The molecule has 0 aromatic carbocycles.